The summed E-state index contributed by atoms with van der Waals surface area (Å²) in [6.07, 6.45) is 10.2. The molecule has 4 rings (SSSR count). The molecule has 0 radical (unpaired) electrons. The zero-order chi connectivity index (χ0) is 17.1. The van der Waals surface area contributed by atoms with E-state index in [2.05, 4.69) is 25.4 Å². The van der Waals surface area contributed by atoms with Crippen LogP contribution in [0.5, 0.6) is 0 Å². The fourth-order valence-electron chi connectivity index (χ4n) is 2.39. The number of nitrogens with zero attached hydrogens (tertiary/aromatic N) is 5. The summed E-state index contributed by atoms with van der Waals surface area (Å²) < 4.78 is 14.9. The molecule has 4 aromatic rings. The lowest BCUT2D eigenvalue weighted by molar-refractivity contribution is 0.628. The number of aromatic nitrogens is 5. The van der Waals surface area contributed by atoms with Crippen molar-refractivity contribution in [3.8, 4) is 22.5 Å². The predicted octanol–water partition coefficient (Wildman–Crippen LogP) is 3.42. The molecule has 25 heavy (non-hydrogen) atoms. The first kappa shape index (κ1) is 14.9. The molecule has 6 nitrogen and oxygen atoms in total. The summed E-state index contributed by atoms with van der Waals surface area (Å²) in [5, 5.41) is 0. The van der Waals surface area contributed by atoms with E-state index in [1.807, 2.05) is 12.1 Å². The van der Waals surface area contributed by atoms with Gasteiger partial charge in [0, 0.05) is 42.1 Å². The van der Waals surface area contributed by atoms with Gasteiger partial charge in [-0.1, -0.05) is 12.1 Å². The molecule has 122 valence electrons. The van der Waals surface area contributed by atoms with Crippen LogP contribution in [0.2, 0.25) is 0 Å². The van der Waals surface area contributed by atoms with Gasteiger partial charge in [-0.15, -0.1) is 0 Å². The lowest BCUT2D eigenvalue weighted by Crippen LogP contribution is -2.10. The Hall–Kier alpha value is -3.61. The van der Waals surface area contributed by atoms with E-state index in [9.17, 15) is 4.39 Å². The molecule has 7 heteroatoms. The Bertz CT molecular complexity index is 968. The van der Waals surface area contributed by atoms with E-state index in [4.69, 9.17) is 0 Å². The molecule has 0 saturated heterocycles. The average molecular weight is 332 g/mol. The van der Waals surface area contributed by atoms with Crippen molar-refractivity contribution in [2.75, 3.05) is 5.43 Å². The van der Waals surface area contributed by atoms with E-state index in [1.54, 1.807) is 54.1 Å². The van der Waals surface area contributed by atoms with E-state index < -0.39 is 0 Å². The highest BCUT2D eigenvalue weighted by Gasteiger charge is 2.11. The van der Waals surface area contributed by atoms with Crippen molar-refractivity contribution in [3.05, 3.63) is 79.5 Å². The van der Waals surface area contributed by atoms with Gasteiger partial charge in [-0.05, 0) is 29.8 Å². The molecule has 0 atom stereocenters. The number of anilines is 1. The number of rotatable bonds is 4. The molecule has 3 heterocycles. The van der Waals surface area contributed by atoms with Crippen molar-refractivity contribution in [2.45, 2.75) is 0 Å². The standard InChI is InChI=1S/C18H13FN6/c19-15-5-3-13(4-6-15)16-11-22-17(14-2-1-7-20-10-14)23-18(16)24-25-9-8-21-12-25/h1-12H,(H,22,23,24). The number of hydrogen-bond acceptors (Lipinski definition) is 5. The second-order valence-corrected chi connectivity index (χ2v) is 5.29. The van der Waals surface area contributed by atoms with E-state index >= 15 is 0 Å². The van der Waals surface area contributed by atoms with E-state index in [1.165, 1.54) is 12.1 Å². The van der Waals surface area contributed by atoms with Crippen LogP contribution in [0.15, 0.2) is 73.7 Å². The number of nitrogens with one attached hydrogen (secondary N) is 1. The molecule has 0 unspecified atom stereocenters. The number of halogens is 1. The first-order valence-corrected chi connectivity index (χ1v) is 7.58. The lowest BCUT2D eigenvalue weighted by atomic mass is 10.1. The summed E-state index contributed by atoms with van der Waals surface area (Å²) >= 11 is 0. The first-order chi connectivity index (χ1) is 12.3. The van der Waals surface area contributed by atoms with Gasteiger partial charge in [0.1, 0.15) is 12.1 Å². The molecular formula is C18H13FN6. The van der Waals surface area contributed by atoms with Gasteiger partial charge in [-0.2, -0.15) is 0 Å². The highest BCUT2D eigenvalue weighted by atomic mass is 19.1. The van der Waals surface area contributed by atoms with Crippen LogP contribution in [0, 0.1) is 5.82 Å². The van der Waals surface area contributed by atoms with Gasteiger partial charge in [-0.3, -0.25) is 10.4 Å². The molecule has 1 N–H and O–H groups in total. The number of pyridine rings is 1. The molecule has 0 saturated carbocycles. The SMILES string of the molecule is Fc1ccc(-c2cnc(-c3cccnc3)nc2Nn2ccnc2)cc1. The Morgan fingerprint density at radius 1 is 0.920 bits per heavy atom. The maximum Gasteiger partial charge on any atom is 0.163 e. The zero-order valence-electron chi connectivity index (χ0n) is 13.0. The van der Waals surface area contributed by atoms with Crippen LogP contribution < -0.4 is 5.43 Å². The number of benzene rings is 1. The van der Waals surface area contributed by atoms with Crippen LogP contribution in [0.4, 0.5) is 10.2 Å². The third kappa shape index (κ3) is 3.20. The van der Waals surface area contributed by atoms with Gasteiger partial charge in [0.25, 0.3) is 0 Å². The fraction of sp³-hybridized carbons (Fsp3) is 0. The molecule has 0 spiro atoms. The van der Waals surface area contributed by atoms with Gasteiger partial charge in [-0.25, -0.2) is 24.0 Å². The van der Waals surface area contributed by atoms with Crippen LogP contribution in [-0.4, -0.2) is 24.6 Å². The summed E-state index contributed by atoms with van der Waals surface area (Å²) in [5.41, 5.74) is 5.53. The minimum absolute atomic E-state index is 0.291. The van der Waals surface area contributed by atoms with E-state index in [0.29, 0.717) is 11.6 Å². The van der Waals surface area contributed by atoms with Crippen LogP contribution in [0.3, 0.4) is 0 Å². The summed E-state index contributed by atoms with van der Waals surface area (Å²) in [6, 6.07) is 9.92. The summed E-state index contributed by atoms with van der Waals surface area (Å²) in [4.78, 5) is 17.1. The van der Waals surface area contributed by atoms with Crippen molar-refractivity contribution in [1.29, 1.82) is 0 Å². The Morgan fingerprint density at radius 2 is 1.80 bits per heavy atom. The molecular weight excluding hydrogens is 319 g/mol. The maximum absolute atomic E-state index is 13.2. The second-order valence-electron chi connectivity index (χ2n) is 5.29. The van der Waals surface area contributed by atoms with Gasteiger partial charge < -0.3 is 0 Å². The van der Waals surface area contributed by atoms with Gasteiger partial charge in [0.2, 0.25) is 0 Å². The third-order valence-electron chi connectivity index (χ3n) is 3.60. The molecule has 1 aromatic carbocycles. The molecule has 0 aliphatic heterocycles. The smallest absolute Gasteiger partial charge is 0.163 e. The van der Waals surface area contributed by atoms with E-state index in [0.717, 1.165) is 16.7 Å². The molecule has 3 aromatic heterocycles. The highest BCUT2D eigenvalue weighted by molar-refractivity contribution is 5.75. The Morgan fingerprint density at radius 3 is 2.52 bits per heavy atom. The normalized spacial score (nSPS) is 10.6. The van der Waals surface area contributed by atoms with Crippen molar-refractivity contribution in [2.24, 2.45) is 0 Å². The van der Waals surface area contributed by atoms with Crippen molar-refractivity contribution >= 4 is 5.82 Å². The van der Waals surface area contributed by atoms with Gasteiger partial charge >= 0.3 is 0 Å². The van der Waals surface area contributed by atoms with Gasteiger partial charge in [0.15, 0.2) is 11.6 Å². The molecule has 0 fully saturated rings. The zero-order valence-corrected chi connectivity index (χ0v) is 13.0. The lowest BCUT2D eigenvalue weighted by Gasteiger charge is -2.13. The monoisotopic (exact) mass is 332 g/mol. The average Bonchev–Trinajstić information content (AvgIpc) is 3.16. The largest absolute Gasteiger partial charge is 0.276 e. The summed E-state index contributed by atoms with van der Waals surface area (Å²) in [5.74, 6) is 0.834. The minimum atomic E-state index is -0.291. The quantitative estimate of drug-likeness (QED) is 0.620. The van der Waals surface area contributed by atoms with Crippen LogP contribution in [0.25, 0.3) is 22.5 Å². The van der Waals surface area contributed by atoms with Crippen molar-refractivity contribution in [1.82, 2.24) is 24.6 Å². The molecule has 0 bridgehead atoms. The van der Waals surface area contributed by atoms with Crippen LogP contribution in [-0.2, 0) is 0 Å². The Labute approximate surface area is 143 Å². The van der Waals surface area contributed by atoms with Gasteiger partial charge in [0.05, 0.1) is 0 Å². The fourth-order valence-corrected chi connectivity index (χ4v) is 2.39. The number of imidazole rings is 1. The predicted molar refractivity (Wildman–Crippen MR) is 91.9 cm³/mol. The van der Waals surface area contributed by atoms with Crippen molar-refractivity contribution in [3.63, 3.8) is 0 Å². The molecule has 0 aliphatic rings. The Balaban J connectivity index is 1.81. The molecule has 0 amide bonds. The first-order valence-electron chi connectivity index (χ1n) is 7.58. The second kappa shape index (κ2) is 6.48. The third-order valence-corrected chi connectivity index (χ3v) is 3.60. The summed E-state index contributed by atoms with van der Waals surface area (Å²) in [6.45, 7) is 0. The topological polar surface area (TPSA) is 68.5 Å². The van der Waals surface area contributed by atoms with Crippen molar-refractivity contribution < 1.29 is 4.39 Å². The maximum atomic E-state index is 13.2. The van der Waals surface area contributed by atoms with Crippen LogP contribution >= 0.6 is 0 Å². The van der Waals surface area contributed by atoms with Crippen LogP contribution in [0.1, 0.15) is 0 Å². The summed E-state index contributed by atoms with van der Waals surface area (Å²) in [7, 11) is 0. The van der Waals surface area contributed by atoms with E-state index in [-0.39, 0.29) is 5.82 Å². The number of hydrogen-bond donors (Lipinski definition) is 1. The highest BCUT2D eigenvalue weighted by Crippen LogP contribution is 2.28. The Kier molecular flexibility index (Phi) is 3.88. The molecule has 0 aliphatic carbocycles. The minimum Gasteiger partial charge on any atom is -0.276 e.